The quantitative estimate of drug-likeness (QED) is 0.649. The summed E-state index contributed by atoms with van der Waals surface area (Å²) in [4.78, 5) is 16.5. The van der Waals surface area contributed by atoms with Crippen LogP contribution in [-0.2, 0) is 11.2 Å². The number of para-hydroxylation sites is 1. The van der Waals surface area contributed by atoms with Gasteiger partial charge in [-0.3, -0.25) is 4.79 Å². The molecule has 0 saturated carbocycles. The van der Waals surface area contributed by atoms with E-state index < -0.39 is 0 Å². The van der Waals surface area contributed by atoms with E-state index in [1.54, 1.807) is 32.5 Å². The van der Waals surface area contributed by atoms with Gasteiger partial charge in [-0.15, -0.1) is 0 Å². The SMILES string of the molecule is COCCCNc1cc(C(=O)NCCc2ccccc2OC)ccn1. The number of anilines is 1. The second kappa shape index (κ2) is 10.3. The topological polar surface area (TPSA) is 72.5 Å². The summed E-state index contributed by atoms with van der Waals surface area (Å²) in [6.45, 7) is 1.98. The monoisotopic (exact) mass is 343 g/mol. The standard InChI is InChI=1S/C19H25N3O3/c1-24-13-5-10-20-18-14-16(9-11-21-18)19(23)22-12-8-15-6-3-4-7-17(15)25-2/h3-4,6-7,9,11,14H,5,8,10,12-13H2,1-2H3,(H,20,21)(H,22,23). The first-order valence-electron chi connectivity index (χ1n) is 8.33. The number of pyridine rings is 1. The molecule has 2 rings (SSSR count). The largest absolute Gasteiger partial charge is 0.496 e. The zero-order valence-electron chi connectivity index (χ0n) is 14.7. The number of ether oxygens (including phenoxy) is 2. The molecule has 1 aromatic carbocycles. The van der Waals surface area contributed by atoms with Crippen LogP contribution in [-0.4, -0.2) is 44.8 Å². The Labute approximate surface area is 148 Å². The summed E-state index contributed by atoms with van der Waals surface area (Å²) >= 11 is 0. The van der Waals surface area contributed by atoms with Gasteiger partial charge in [-0.1, -0.05) is 18.2 Å². The van der Waals surface area contributed by atoms with Crippen molar-refractivity contribution in [3.63, 3.8) is 0 Å². The highest BCUT2D eigenvalue weighted by Crippen LogP contribution is 2.17. The van der Waals surface area contributed by atoms with Crippen LogP contribution in [0.2, 0.25) is 0 Å². The molecule has 0 unspecified atom stereocenters. The molecule has 0 fully saturated rings. The van der Waals surface area contributed by atoms with Crippen LogP contribution in [0.15, 0.2) is 42.6 Å². The van der Waals surface area contributed by atoms with Crippen molar-refractivity contribution in [2.75, 3.05) is 39.2 Å². The predicted octanol–water partition coefficient (Wildman–Crippen LogP) is 2.51. The molecule has 0 saturated heterocycles. The van der Waals surface area contributed by atoms with Gasteiger partial charge in [0.2, 0.25) is 0 Å². The molecule has 0 bridgehead atoms. The second-order valence-electron chi connectivity index (χ2n) is 5.52. The summed E-state index contributed by atoms with van der Waals surface area (Å²) in [6, 6.07) is 11.3. The predicted molar refractivity (Wildman–Crippen MR) is 98.3 cm³/mol. The van der Waals surface area contributed by atoms with Crippen molar-refractivity contribution in [3.8, 4) is 5.75 Å². The zero-order chi connectivity index (χ0) is 17.9. The molecule has 0 spiro atoms. The Bertz CT molecular complexity index is 676. The molecule has 6 nitrogen and oxygen atoms in total. The third-order valence-corrected chi connectivity index (χ3v) is 3.73. The maximum Gasteiger partial charge on any atom is 0.251 e. The Hall–Kier alpha value is -2.60. The van der Waals surface area contributed by atoms with Crippen molar-refractivity contribution in [1.82, 2.24) is 10.3 Å². The van der Waals surface area contributed by atoms with Gasteiger partial charge in [0.25, 0.3) is 5.91 Å². The average Bonchev–Trinajstić information content (AvgIpc) is 2.66. The Kier molecular flexibility index (Phi) is 7.72. The number of methoxy groups -OCH3 is 2. The maximum atomic E-state index is 12.3. The fourth-order valence-corrected chi connectivity index (χ4v) is 2.42. The molecule has 0 atom stereocenters. The molecular weight excluding hydrogens is 318 g/mol. The van der Waals surface area contributed by atoms with Crippen LogP contribution in [0.1, 0.15) is 22.3 Å². The summed E-state index contributed by atoms with van der Waals surface area (Å²) in [6.07, 6.45) is 3.23. The molecule has 0 aliphatic rings. The summed E-state index contributed by atoms with van der Waals surface area (Å²) in [5.41, 5.74) is 1.66. The number of nitrogens with zero attached hydrogens (tertiary/aromatic N) is 1. The van der Waals surface area contributed by atoms with Gasteiger partial charge in [0.05, 0.1) is 7.11 Å². The number of hydrogen-bond acceptors (Lipinski definition) is 5. The fourth-order valence-electron chi connectivity index (χ4n) is 2.42. The molecule has 2 N–H and O–H groups in total. The summed E-state index contributed by atoms with van der Waals surface area (Å²) < 4.78 is 10.3. The van der Waals surface area contributed by atoms with Crippen molar-refractivity contribution in [3.05, 3.63) is 53.7 Å². The molecule has 1 amide bonds. The van der Waals surface area contributed by atoms with Crippen LogP contribution in [0, 0.1) is 0 Å². The lowest BCUT2D eigenvalue weighted by atomic mass is 10.1. The fraction of sp³-hybridized carbons (Fsp3) is 0.368. The van der Waals surface area contributed by atoms with Gasteiger partial charge < -0.3 is 20.1 Å². The highest BCUT2D eigenvalue weighted by atomic mass is 16.5. The number of benzene rings is 1. The third-order valence-electron chi connectivity index (χ3n) is 3.73. The van der Waals surface area contributed by atoms with Crippen molar-refractivity contribution < 1.29 is 14.3 Å². The van der Waals surface area contributed by atoms with Crippen LogP contribution >= 0.6 is 0 Å². The number of hydrogen-bond donors (Lipinski definition) is 2. The van der Waals surface area contributed by atoms with E-state index in [-0.39, 0.29) is 5.91 Å². The van der Waals surface area contributed by atoms with E-state index in [4.69, 9.17) is 9.47 Å². The minimum absolute atomic E-state index is 0.114. The van der Waals surface area contributed by atoms with Crippen LogP contribution in [0.5, 0.6) is 5.75 Å². The number of carbonyl (C=O) groups excluding carboxylic acids is 1. The molecule has 1 aromatic heterocycles. The van der Waals surface area contributed by atoms with Gasteiger partial charge in [-0.2, -0.15) is 0 Å². The minimum atomic E-state index is -0.114. The van der Waals surface area contributed by atoms with E-state index in [0.29, 0.717) is 31.0 Å². The van der Waals surface area contributed by atoms with Crippen molar-refractivity contribution in [2.45, 2.75) is 12.8 Å². The molecule has 0 radical (unpaired) electrons. The second-order valence-corrected chi connectivity index (χ2v) is 5.52. The molecule has 6 heteroatoms. The normalized spacial score (nSPS) is 10.3. The highest BCUT2D eigenvalue weighted by molar-refractivity contribution is 5.94. The van der Waals surface area contributed by atoms with E-state index in [1.165, 1.54) is 0 Å². The molecular formula is C19H25N3O3. The minimum Gasteiger partial charge on any atom is -0.496 e. The first kappa shape index (κ1) is 18.7. The van der Waals surface area contributed by atoms with Gasteiger partial charge in [0.15, 0.2) is 0 Å². The number of rotatable bonds is 10. The van der Waals surface area contributed by atoms with Crippen molar-refractivity contribution in [1.29, 1.82) is 0 Å². The van der Waals surface area contributed by atoms with E-state index in [0.717, 1.165) is 24.3 Å². The number of aromatic nitrogens is 1. The van der Waals surface area contributed by atoms with Crippen LogP contribution < -0.4 is 15.4 Å². The number of nitrogens with one attached hydrogen (secondary N) is 2. The van der Waals surface area contributed by atoms with E-state index in [2.05, 4.69) is 15.6 Å². The van der Waals surface area contributed by atoms with Crippen molar-refractivity contribution in [2.24, 2.45) is 0 Å². The van der Waals surface area contributed by atoms with E-state index >= 15 is 0 Å². The van der Waals surface area contributed by atoms with Gasteiger partial charge in [-0.25, -0.2) is 4.98 Å². The number of amides is 1. The Morgan fingerprint density at radius 3 is 2.80 bits per heavy atom. The Balaban J connectivity index is 1.84. The van der Waals surface area contributed by atoms with Crippen LogP contribution in [0.3, 0.4) is 0 Å². The first-order chi connectivity index (χ1) is 12.2. The van der Waals surface area contributed by atoms with Crippen molar-refractivity contribution >= 4 is 11.7 Å². The van der Waals surface area contributed by atoms with Gasteiger partial charge in [0, 0.05) is 38.6 Å². The van der Waals surface area contributed by atoms with E-state index in [9.17, 15) is 4.79 Å². The first-order valence-corrected chi connectivity index (χ1v) is 8.33. The lowest BCUT2D eigenvalue weighted by Crippen LogP contribution is -2.26. The molecule has 2 aromatic rings. The lowest BCUT2D eigenvalue weighted by molar-refractivity contribution is 0.0954. The third kappa shape index (κ3) is 6.08. The van der Waals surface area contributed by atoms with Gasteiger partial charge in [0.1, 0.15) is 11.6 Å². The Morgan fingerprint density at radius 2 is 2.00 bits per heavy atom. The smallest absolute Gasteiger partial charge is 0.251 e. The van der Waals surface area contributed by atoms with Crippen LogP contribution in [0.25, 0.3) is 0 Å². The maximum absolute atomic E-state index is 12.3. The zero-order valence-corrected chi connectivity index (χ0v) is 14.7. The molecule has 0 aliphatic heterocycles. The molecule has 25 heavy (non-hydrogen) atoms. The molecule has 0 aliphatic carbocycles. The van der Waals surface area contributed by atoms with E-state index in [1.807, 2.05) is 24.3 Å². The lowest BCUT2D eigenvalue weighted by Gasteiger charge is -2.10. The summed E-state index contributed by atoms with van der Waals surface area (Å²) in [5, 5.41) is 6.12. The molecule has 1 heterocycles. The van der Waals surface area contributed by atoms with Crippen LogP contribution in [0.4, 0.5) is 5.82 Å². The summed E-state index contributed by atoms with van der Waals surface area (Å²) in [5.74, 6) is 1.41. The number of carbonyl (C=O) groups is 1. The highest BCUT2D eigenvalue weighted by Gasteiger charge is 2.07. The Morgan fingerprint density at radius 1 is 1.16 bits per heavy atom. The van der Waals surface area contributed by atoms with Gasteiger partial charge >= 0.3 is 0 Å². The van der Waals surface area contributed by atoms with Gasteiger partial charge in [-0.05, 0) is 36.6 Å². The molecule has 134 valence electrons. The summed E-state index contributed by atoms with van der Waals surface area (Å²) in [7, 11) is 3.32. The average molecular weight is 343 g/mol.